The molecule has 1 fully saturated rings. The van der Waals surface area contributed by atoms with Crippen LogP contribution >= 0.6 is 0 Å². The van der Waals surface area contributed by atoms with Gasteiger partial charge in [0.1, 0.15) is 6.10 Å². The maximum atomic E-state index is 5.88. The van der Waals surface area contributed by atoms with Gasteiger partial charge >= 0.3 is 0 Å². The first-order chi connectivity index (χ1) is 7.93. The van der Waals surface area contributed by atoms with E-state index in [9.17, 15) is 0 Å². The maximum absolute atomic E-state index is 5.88. The molecule has 1 N–H and O–H groups in total. The number of aromatic nitrogens is 3. The molecule has 0 spiro atoms. The standard InChI is InChI=1S/C11H13N3O2/c1-4-12-11(9-7-13-14-10(1)9)16-8-2-5-15-6-3-8/h1,4,7-8H,2-3,5-6H2,(H,13,14). The van der Waals surface area contributed by atoms with E-state index in [1.165, 1.54) is 0 Å². The van der Waals surface area contributed by atoms with E-state index in [0.29, 0.717) is 5.88 Å². The van der Waals surface area contributed by atoms with Crippen molar-refractivity contribution < 1.29 is 9.47 Å². The summed E-state index contributed by atoms with van der Waals surface area (Å²) in [5.74, 6) is 0.665. The minimum Gasteiger partial charge on any atom is -0.474 e. The molecule has 0 atom stereocenters. The van der Waals surface area contributed by atoms with Gasteiger partial charge in [0.25, 0.3) is 0 Å². The Bertz CT molecular complexity index is 477. The van der Waals surface area contributed by atoms with Crippen LogP contribution in [0.3, 0.4) is 0 Å². The molecule has 2 aromatic rings. The summed E-state index contributed by atoms with van der Waals surface area (Å²) < 4.78 is 11.2. The van der Waals surface area contributed by atoms with Gasteiger partial charge in [0.05, 0.1) is 30.3 Å². The molecule has 0 bridgehead atoms. The van der Waals surface area contributed by atoms with Gasteiger partial charge in [-0.05, 0) is 6.07 Å². The summed E-state index contributed by atoms with van der Waals surface area (Å²) in [6, 6.07) is 1.89. The number of fused-ring (bicyclic) bond motifs is 1. The molecule has 0 saturated carbocycles. The predicted molar refractivity (Wildman–Crippen MR) is 58.4 cm³/mol. The van der Waals surface area contributed by atoms with Crippen LogP contribution in [0, 0.1) is 0 Å². The summed E-state index contributed by atoms with van der Waals surface area (Å²) in [5.41, 5.74) is 0.956. The Morgan fingerprint density at radius 3 is 3.12 bits per heavy atom. The largest absolute Gasteiger partial charge is 0.474 e. The molecular weight excluding hydrogens is 206 g/mol. The lowest BCUT2D eigenvalue weighted by Gasteiger charge is -2.22. The van der Waals surface area contributed by atoms with Gasteiger partial charge in [-0.3, -0.25) is 5.10 Å². The highest BCUT2D eigenvalue weighted by molar-refractivity contribution is 5.82. The van der Waals surface area contributed by atoms with Gasteiger partial charge < -0.3 is 9.47 Å². The zero-order chi connectivity index (χ0) is 10.8. The molecule has 3 rings (SSSR count). The Hall–Kier alpha value is -1.62. The fourth-order valence-electron chi connectivity index (χ4n) is 1.89. The number of aromatic amines is 1. The molecule has 1 aliphatic rings. The van der Waals surface area contributed by atoms with Gasteiger partial charge in [-0.25, -0.2) is 4.98 Å². The van der Waals surface area contributed by atoms with Crippen LogP contribution in [-0.4, -0.2) is 34.5 Å². The normalized spacial score (nSPS) is 17.8. The molecule has 3 heterocycles. The summed E-state index contributed by atoms with van der Waals surface area (Å²) in [5, 5.41) is 7.83. The fourth-order valence-corrected chi connectivity index (χ4v) is 1.89. The second-order valence-electron chi connectivity index (χ2n) is 3.88. The first kappa shape index (κ1) is 9.59. The zero-order valence-electron chi connectivity index (χ0n) is 8.85. The second kappa shape index (κ2) is 4.09. The lowest BCUT2D eigenvalue weighted by molar-refractivity contribution is 0.0244. The van der Waals surface area contributed by atoms with Gasteiger partial charge in [0.2, 0.25) is 5.88 Å². The van der Waals surface area contributed by atoms with Gasteiger partial charge in [-0.15, -0.1) is 0 Å². The molecule has 0 radical (unpaired) electrons. The van der Waals surface area contributed by atoms with Crippen molar-refractivity contribution in [3.05, 3.63) is 18.5 Å². The Morgan fingerprint density at radius 2 is 2.25 bits per heavy atom. The van der Waals surface area contributed by atoms with Crippen molar-refractivity contribution in [3.8, 4) is 5.88 Å². The maximum Gasteiger partial charge on any atom is 0.224 e. The second-order valence-corrected chi connectivity index (χ2v) is 3.88. The van der Waals surface area contributed by atoms with Crippen molar-refractivity contribution in [3.63, 3.8) is 0 Å². The van der Waals surface area contributed by atoms with Crippen LogP contribution in [-0.2, 0) is 4.74 Å². The predicted octanol–water partition coefficient (Wildman–Crippen LogP) is 1.52. The summed E-state index contributed by atoms with van der Waals surface area (Å²) in [4.78, 5) is 4.25. The highest BCUT2D eigenvalue weighted by Crippen LogP contribution is 2.23. The van der Waals surface area contributed by atoms with Gasteiger partial charge in [0.15, 0.2) is 0 Å². The Balaban J connectivity index is 1.85. The summed E-state index contributed by atoms with van der Waals surface area (Å²) in [7, 11) is 0. The van der Waals surface area contributed by atoms with Crippen molar-refractivity contribution in [2.75, 3.05) is 13.2 Å². The lowest BCUT2D eigenvalue weighted by atomic mass is 10.1. The molecule has 0 aromatic carbocycles. The molecule has 2 aromatic heterocycles. The van der Waals surface area contributed by atoms with E-state index in [0.717, 1.165) is 37.0 Å². The molecule has 1 saturated heterocycles. The minimum atomic E-state index is 0.210. The Labute approximate surface area is 92.8 Å². The SMILES string of the molecule is c1cc2[nH]ncc2c(OC2CCOCC2)n1. The smallest absolute Gasteiger partial charge is 0.224 e. The van der Waals surface area contributed by atoms with Crippen molar-refractivity contribution in [1.29, 1.82) is 0 Å². The Morgan fingerprint density at radius 1 is 1.38 bits per heavy atom. The number of H-pyrrole nitrogens is 1. The fraction of sp³-hybridized carbons (Fsp3) is 0.455. The number of hydrogen-bond acceptors (Lipinski definition) is 4. The van der Waals surface area contributed by atoms with Crippen molar-refractivity contribution >= 4 is 10.9 Å². The van der Waals surface area contributed by atoms with E-state index in [2.05, 4.69) is 15.2 Å². The van der Waals surface area contributed by atoms with Gasteiger partial charge in [0, 0.05) is 19.0 Å². The molecule has 5 heteroatoms. The third-order valence-corrected chi connectivity index (χ3v) is 2.78. The average Bonchev–Trinajstić information content (AvgIpc) is 2.80. The van der Waals surface area contributed by atoms with E-state index < -0.39 is 0 Å². The monoisotopic (exact) mass is 219 g/mol. The van der Waals surface area contributed by atoms with Crippen LogP contribution < -0.4 is 4.74 Å². The molecule has 16 heavy (non-hydrogen) atoms. The van der Waals surface area contributed by atoms with Crippen molar-refractivity contribution in [2.45, 2.75) is 18.9 Å². The van der Waals surface area contributed by atoms with E-state index in [4.69, 9.17) is 9.47 Å². The van der Waals surface area contributed by atoms with E-state index in [1.807, 2.05) is 6.07 Å². The summed E-state index contributed by atoms with van der Waals surface area (Å²) >= 11 is 0. The number of nitrogens with zero attached hydrogens (tertiary/aromatic N) is 2. The highest BCUT2D eigenvalue weighted by Gasteiger charge is 2.17. The van der Waals surface area contributed by atoms with E-state index in [-0.39, 0.29) is 6.10 Å². The Kier molecular flexibility index (Phi) is 2.46. The number of ether oxygens (including phenoxy) is 2. The number of nitrogens with one attached hydrogen (secondary N) is 1. The quantitative estimate of drug-likeness (QED) is 0.831. The zero-order valence-corrected chi connectivity index (χ0v) is 8.85. The molecule has 5 nitrogen and oxygen atoms in total. The van der Waals surface area contributed by atoms with Crippen LogP contribution in [0.4, 0.5) is 0 Å². The molecule has 0 amide bonds. The number of hydrogen-bond donors (Lipinski definition) is 1. The van der Waals surface area contributed by atoms with Crippen LogP contribution in [0.25, 0.3) is 10.9 Å². The third kappa shape index (κ3) is 1.74. The van der Waals surface area contributed by atoms with Crippen molar-refractivity contribution in [1.82, 2.24) is 15.2 Å². The molecule has 0 aliphatic carbocycles. The van der Waals surface area contributed by atoms with Crippen LogP contribution in [0.15, 0.2) is 18.5 Å². The molecule has 0 unspecified atom stereocenters. The number of pyridine rings is 1. The van der Waals surface area contributed by atoms with Gasteiger partial charge in [-0.2, -0.15) is 5.10 Å². The van der Waals surface area contributed by atoms with Crippen LogP contribution in [0.5, 0.6) is 5.88 Å². The van der Waals surface area contributed by atoms with Crippen LogP contribution in [0.2, 0.25) is 0 Å². The van der Waals surface area contributed by atoms with Crippen molar-refractivity contribution in [2.24, 2.45) is 0 Å². The third-order valence-electron chi connectivity index (χ3n) is 2.78. The molecule has 84 valence electrons. The number of rotatable bonds is 2. The first-order valence-corrected chi connectivity index (χ1v) is 5.46. The summed E-state index contributed by atoms with van der Waals surface area (Å²) in [6.45, 7) is 1.54. The molecular formula is C11H13N3O2. The van der Waals surface area contributed by atoms with E-state index >= 15 is 0 Å². The van der Waals surface area contributed by atoms with Gasteiger partial charge in [-0.1, -0.05) is 0 Å². The average molecular weight is 219 g/mol. The van der Waals surface area contributed by atoms with E-state index in [1.54, 1.807) is 12.4 Å². The lowest BCUT2D eigenvalue weighted by Crippen LogP contribution is -2.26. The first-order valence-electron chi connectivity index (χ1n) is 5.46. The topological polar surface area (TPSA) is 60.0 Å². The van der Waals surface area contributed by atoms with Crippen LogP contribution in [0.1, 0.15) is 12.8 Å². The molecule has 1 aliphatic heterocycles. The minimum absolute atomic E-state index is 0.210. The summed E-state index contributed by atoms with van der Waals surface area (Å²) in [6.07, 6.45) is 5.54. The highest BCUT2D eigenvalue weighted by atomic mass is 16.5.